The van der Waals surface area contributed by atoms with Crippen molar-refractivity contribution in [1.29, 1.82) is 0 Å². The molecule has 0 aliphatic carbocycles. The zero-order valence-electron chi connectivity index (χ0n) is 46.0. The summed E-state index contributed by atoms with van der Waals surface area (Å²) in [6, 6.07) is -0.638. The number of hydrogen-bond acceptors (Lipinski definition) is 5. The molecule has 0 spiro atoms. The average Bonchev–Trinajstić information content (AvgIpc) is 3.35. The van der Waals surface area contributed by atoms with Crippen molar-refractivity contribution >= 4 is 11.9 Å². The molecule has 0 fully saturated rings. The topological polar surface area (TPSA) is 95.9 Å². The van der Waals surface area contributed by atoms with Gasteiger partial charge in [-0.2, -0.15) is 0 Å². The highest BCUT2D eigenvalue weighted by molar-refractivity contribution is 5.76. The van der Waals surface area contributed by atoms with Crippen LogP contribution < -0.4 is 5.32 Å². The second-order valence-electron chi connectivity index (χ2n) is 20.7. The molecular weight excluding hydrogens is 851 g/mol. The van der Waals surface area contributed by atoms with Gasteiger partial charge >= 0.3 is 5.97 Å². The number of carbonyl (C=O) groups is 2. The molecule has 69 heavy (non-hydrogen) atoms. The molecule has 2 atom stereocenters. The van der Waals surface area contributed by atoms with Gasteiger partial charge in [-0.1, -0.05) is 262 Å². The van der Waals surface area contributed by atoms with E-state index >= 15 is 0 Å². The number of hydrogen-bond donors (Lipinski definition) is 3. The maximum atomic E-state index is 12.5. The number of unbranched alkanes of at least 4 members (excludes halogenated alkanes) is 39. The zero-order chi connectivity index (χ0) is 50.0. The van der Waals surface area contributed by atoms with Crippen LogP contribution in [0.1, 0.15) is 316 Å². The summed E-state index contributed by atoms with van der Waals surface area (Å²) in [4.78, 5) is 24.6. The molecule has 0 saturated heterocycles. The molecule has 0 aliphatic rings. The quantitative estimate of drug-likeness (QED) is 0.0321. The molecule has 0 saturated carbocycles. The predicted molar refractivity (Wildman–Crippen MR) is 301 cm³/mol. The Bertz CT molecular complexity index is 1160. The first-order valence-corrected chi connectivity index (χ1v) is 30.4. The lowest BCUT2D eigenvalue weighted by molar-refractivity contribution is -0.143. The van der Waals surface area contributed by atoms with E-state index in [0.717, 1.165) is 64.2 Å². The van der Waals surface area contributed by atoms with E-state index in [1.807, 2.05) is 6.08 Å². The molecule has 6 nitrogen and oxygen atoms in total. The van der Waals surface area contributed by atoms with E-state index in [1.54, 1.807) is 6.08 Å². The molecule has 404 valence electrons. The number of aliphatic hydroxyl groups is 2. The Kier molecular flexibility index (Phi) is 56.5. The van der Waals surface area contributed by atoms with Gasteiger partial charge in [0.2, 0.25) is 5.91 Å². The minimum atomic E-state index is -0.854. The zero-order valence-corrected chi connectivity index (χ0v) is 46.0. The second-order valence-corrected chi connectivity index (χ2v) is 20.7. The van der Waals surface area contributed by atoms with Crippen LogP contribution in [-0.2, 0) is 14.3 Å². The van der Waals surface area contributed by atoms with Crippen LogP contribution in [-0.4, -0.2) is 47.4 Å². The van der Waals surface area contributed by atoms with Gasteiger partial charge in [-0.15, -0.1) is 0 Å². The third-order valence-electron chi connectivity index (χ3n) is 13.8. The van der Waals surface area contributed by atoms with Gasteiger partial charge in [0.1, 0.15) is 0 Å². The predicted octanol–water partition coefficient (Wildman–Crippen LogP) is 19.0. The summed E-state index contributed by atoms with van der Waals surface area (Å²) >= 11 is 0. The molecule has 3 N–H and O–H groups in total. The summed E-state index contributed by atoms with van der Waals surface area (Å²) < 4.78 is 5.48. The van der Waals surface area contributed by atoms with Crippen LogP contribution >= 0.6 is 0 Å². The summed E-state index contributed by atoms with van der Waals surface area (Å²) in [7, 11) is 0. The number of esters is 1. The number of rotatable bonds is 56. The Labute approximate surface area is 429 Å². The van der Waals surface area contributed by atoms with Crippen molar-refractivity contribution in [3.8, 4) is 0 Å². The number of amides is 1. The smallest absolute Gasteiger partial charge is 0.305 e. The summed E-state index contributed by atoms with van der Waals surface area (Å²) in [5, 5.41) is 23.1. The summed E-state index contributed by atoms with van der Waals surface area (Å²) in [6.07, 6.45) is 74.2. The largest absolute Gasteiger partial charge is 0.466 e. The van der Waals surface area contributed by atoms with E-state index in [1.165, 1.54) is 225 Å². The lowest BCUT2D eigenvalue weighted by atomic mass is 10.0. The number of carbonyl (C=O) groups excluding carboxylic acids is 2. The van der Waals surface area contributed by atoms with Crippen molar-refractivity contribution < 1.29 is 24.5 Å². The fraction of sp³-hybridized carbons (Fsp3) is 0.841. The lowest BCUT2D eigenvalue weighted by Gasteiger charge is -2.20. The third-order valence-corrected chi connectivity index (χ3v) is 13.8. The van der Waals surface area contributed by atoms with Gasteiger partial charge in [0.15, 0.2) is 0 Å². The third kappa shape index (κ3) is 55.0. The number of nitrogens with one attached hydrogen (secondary N) is 1. The van der Waals surface area contributed by atoms with Crippen molar-refractivity contribution in [2.75, 3.05) is 13.2 Å². The van der Waals surface area contributed by atoms with Gasteiger partial charge in [0.05, 0.1) is 25.4 Å². The lowest BCUT2D eigenvalue weighted by Crippen LogP contribution is -2.45. The molecule has 0 aromatic carbocycles. The van der Waals surface area contributed by atoms with Gasteiger partial charge in [-0.25, -0.2) is 0 Å². The van der Waals surface area contributed by atoms with Crippen molar-refractivity contribution in [1.82, 2.24) is 5.32 Å². The SMILES string of the molecule is CCCCCC/C=C\C/C=C\CCCCCCCCCC(=O)OCCCCCCCC/C=C\CCCCCCCCCC(=O)NC(CO)C(O)/C=C/CCCCCCCCCCCCCCCCC. The van der Waals surface area contributed by atoms with Crippen LogP contribution in [0.15, 0.2) is 48.6 Å². The first-order valence-electron chi connectivity index (χ1n) is 30.4. The van der Waals surface area contributed by atoms with E-state index in [2.05, 4.69) is 55.6 Å². The van der Waals surface area contributed by atoms with Crippen LogP contribution in [0, 0.1) is 0 Å². The number of ether oxygens (including phenoxy) is 1. The molecule has 6 heteroatoms. The van der Waals surface area contributed by atoms with Crippen LogP contribution in [0.2, 0.25) is 0 Å². The Morgan fingerprint density at radius 3 is 1.13 bits per heavy atom. The number of allylic oxidation sites excluding steroid dienone is 7. The van der Waals surface area contributed by atoms with E-state index < -0.39 is 12.1 Å². The standard InChI is InChI=1S/C63H117NO5/c1-3-5-7-9-11-13-15-17-19-21-25-29-33-37-41-45-49-53-57-63(68)69-58-54-50-46-42-38-34-30-26-22-24-28-32-36-40-44-48-52-56-62(67)64-60(59-65)61(66)55-51-47-43-39-35-31-27-23-20-18-16-14-12-10-8-6-4-2/h13,15,19,21-22,26,51,55,60-61,65-66H,3-12,14,16-18,20,23-25,27-50,52-54,56-59H2,1-2H3,(H,64,67)/b15-13-,21-19-,26-22-,55-51+. The van der Waals surface area contributed by atoms with E-state index in [9.17, 15) is 19.8 Å². The molecule has 0 bridgehead atoms. The molecule has 0 aliphatic heterocycles. The highest BCUT2D eigenvalue weighted by atomic mass is 16.5. The Morgan fingerprint density at radius 2 is 0.725 bits per heavy atom. The van der Waals surface area contributed by atoms with Crippen molar-refractivity contribution in [3.63, 3.8) is 0 Å². The normalized spacial score (nSPS) is 12.9. The van der Waals surface area contributed by atoms with Crippen LogP contribution in [0.3, 0.4) is 0 Å². The molecule has 0 aromatic heterocycles. The van der Waals surface area contributed by atoms with E-state index in [-0.39, 0.29) is 18.5 Å². The summed E-state index contributed by atoms with van der Waals surface area (Å²) in [5.41, 5.74) is 0. The molecular formula is C63H117NO5. The average molecular weight is 969 g/mol. The van der Waals surface area contributed by atoms with Gasteiger partial charge in [-0.3, -0.25) is 9.59 Å². The van der Waals surface area contributed by atoms with Crippen molar-refractivity contribution in [3.05, 3.63) is 48.6 Å². The highest BCUT2D eigenvalue weighted by Gasteiger charge is 2.18. The Morgan fingerprint density at radius 1 is 0.406 bits per heavy atom. The van der Waals surface area contributed by atoms with Gasteiger partial charge in [0.25, 0.3) is 0 Å². The Balaban J connectivity index is 3.49. The minimum Gasteiger partial charge on any atom is -0.466 e. The fourth-order valence-corrected chi connectivity index (χ4v) is 9.13. The molecule has 2 unspecified atom stereocenters. The molecule has 0 radical (unpaired) electrons. The van der Waals surface area contributed by atoms with Crippen LogP contribution in [0.4, 0.5) is 0 Å². The highest BCUT2D eigenvalue weighted by Crippen LogP contribution is 2.16. The van der Waals surface area contributed by atoms with Gasteiger partial charge in [-0.05, 0) is 89.9 Å². The summed E-state index contributed by atoms with van der Waals surface area (Å²) in [6.45, 7) is 4.87. The summed E-state index contributed by atoms with van der Waals surface area (Å²) in [5.74, 6) is -0.0897. The minimum absolute atomic E-state index is 0.0103. The maximum Gasteiger partial charge on any atom is 0.305 e. The van der Waals surface area contributed by atoms with Crippen LogP contribution in [0.5, 0.6) is 0 Å². The monoisotopic (exact) mass is 968 g/mol. The van der Waals surface area contributed by atoms with Crippen molar-refractivity contribution in [2.24, 2.45) is 0 Å². The maximum absolute atomic E-state index is 12.5. The number of aliphatic hydroxyl groups excluding tert-OH is 2. The first-order chi connectivity index (χ1) is 34.0. The van der Waals surface area contributed by atoms with Gasteiger partial charge < -0.3 is 20.3 Å². The molecule has 0 rings (SSSR count). The van der Waals surface area contributed by atoms with Crippen molar-refractivity contribution in [2.45, 2.75) is 328 Å². The fourth-order valence-electron chi connectivity index (χ4n) is 9.13. The van der Waals surface area contributed by atoms with Gasteiger partial charge in [0, 0.05) is 12.8 Å². The Hall–Kier alpha value is -2.18. The van der Waals surface area contributed by atoms with E-state index in [4.69, 9.17) is 4.74 Å². The molecule has 0 heterocycles. The van der Waals surface area contributed by atoms with Crippen LogP contribution in [0.25, 0.3) is 0 Å². The van der Waals surface area contributed by atoms with E-state index in [0.29, 0.717) is 19.4 Å². The first kappa shape index (κ1) is 66.8. The molecule has 0 aromatic rings. The second kappa shape index (κ2) is 58.4. The molecule has 1 amide bonds.